The molecule has 0 aromatic rings. The number of ether oxygens (including phenoxy) is 2. The molecule has 3 N–H and O–H groups in total. The number of rotatable bonds is 37. The summed E-state index contributed by atoms with van der Waals surface area (Å²) in [6, 6.07) is 0. The van der Waals surface area contributed by atoms with Crippen LogP contribution in [0.3, 0.4) is 0 Å². The second-order valence-electron chi connectivity index (χ2n) is 13.1. The van der Waals surface area contributed by atoms with Crippen molar-refractivity contribution in [1.82, 2.24) is 0 Å². The Bertz CT molecular complexity index is 1220. The molecule has 0 heterocycles. The first kappa shape index (κ1) is 51.9. The largest absolute Gasteiger partial charge is 0.472 e. The summed E-state index contributed by atoms with van der Waals surface area (Å²) in [5.41, 5.74) is 5.33. The van der Waals surface area contributed by atoms with Crippen LogP contribution < -0.4 is 5.73 Å². The molecule has 10 heteroatoms. The number of hydrogen-bond acceptors (Lipinski definition) is 8. The summed E-state index contributed by atoms with van der Waals surface area (Å²) in [7, 11) is -4.41. The Kier molecular flexibility index (Phi) is 38.3. The average molecular weight is 788 g/mol. The van der Waals surface area contributed by atoms with Gasteiger partial charge in [0.2, 0.25) is 0 Å². The van der Waals surface area contributed by atoms with Gasteiger partial charge in [-0.25, -0.2) is 4.57 Å². The van der Waals surface area contributed by atoms with Crippen molar-refractivity contribution >= 4 is 19.8 Å². The molecular formula is C45H74NO8P. The minimum Gasteiger partial charge on any atom is -0.462 e. The molecule has 1 unspecified atom stereocenters. The lowest BCUT2D eigenvalue weighted by atomic mass is 10.1. The van der Waals surface area contributed by atoms with Crippen molar-refractivity contribution in [3.05, 3.63) is 97.2 Å². The molecule has 0 fully saturated rings. The van der Waals surface area contributed by atoms with E-state index >= 15 is 0 Å². The molecule has 0 aliphatic rings. The van der Waals surface area contributed by atoms with Crippen molar-refractivity contribution in [1.29, 1.82) is 0 Å². The average Bonchev–Trinajstić information content (AvgIpc) is 3.17. The maximum Gasteiger partial charge on any atom is 0.472 e. The molecule has 0 saturated carbocycles. The van der Waals surface area contributed by atoms with Gasteiger partial charge in [0.25, 0.3) is 0 Å². The summed E-state index contributed by atoms with van der Waals surface area (Å²) < 4.78 is 32.6. The number of phosphoric ester groups is 1. The molecule has 0 aliphatic carbocycles. The van der Waals surface area contributed by atoms with Crippen LogP contribution >= 0.6 is 7.82 Å². The lowest BCUT2D eigenvalue weighted by molar-refractivity contribution is -0.161. The second-order valence-corrected chi connectivity index (χ2v) is 14.6. The van der Waals surface area contributed by atoms with Gasteiger partial charge in [0.05, 0.1) is 13.2 Å². The number of hydrogen-bond donors (Lipinski definition) is 2. The van der Waals surface area contributed by atoms with Crippen molar-refractivity contribution in [2.45, 2.75) is 148 Å². The Balaban J connectivity index is 4.37. The summed E-state index contributed by atoms with van der Waals surface area (Å²) in [6.07, 6.45) is 51.6. The second kappa shape index (κ2) is 40.6. The predicted octanol–water partition coefficient (Wildman–Crippen LogP) is 11.8. The Morgan fingerprint density at radius 1 is 0.564 bits per heavy atom. The first-order valence-corrected chi connectivity index (χ1v) is 22.2. The van der Waals surface area contributed by atoms with Gasteiger partial charge in [-0.15, -0.1) is 0 Å². The highest BCUT2D eigenvalue weighted by atomic mass is 31.2. The van der Waals surface area contributed by atoms with E-state index in [4.69, 9.17) is 24.3 Å². The highest BCUT2D eigenvalue weighted by Gasteiger charge is 2.25. The molecule has 0 rings (SSSR count). The molecule has 9 nitrogen and oxygen atoms in total. The fraction of sp³-hybridized carbons (Fsp3) is 0.600. The molecule has 55 heavy (non-hydrogen) atoms. The first-order valence-electron chi connectivity index (χ1n) is 20.7. The van der Waals surface area contributed by atoms with Crippen LogP contribution in [-0.2, 0) is 32.7 Å². The summed E-state index contributed by atoms with van der Waals surface area (Å²) in [4.78, 5) is 34.8. The highest BCUT2D eigenvalue weighted by Crippen LogP contribution is 2.43. The zero-order chi connectivity index (χ0) is 40.3. The molecule has 0 bridgehead atoms. The van der Waals surface area contributed by atoms with E-state index < -0.39 is 32.5 Å². The predicted molar refractivity (Wildman–Crippen MR) is 228 cm³/mol. The third-order valence-corrected chi connectivity index (χ3v) is 8.95. The minimum absolute atomic E-state index is 0.0341. The van der Waals surface area contributed by atoms with Crippen LogP contribution in [0, 0.1) is 0 Å². The standard InChI is InChI=1S/C45H74NO8P/c1-3-5-7-9-11-13-15-17-19-20-21-22-24-26-28-30-32-34-36-38-45(48)54-43(42-53-55(49,50)52-40-39-46)41-51-44(47)37-35-33-31-29-27-25-23-18-16-14-12-10-8-6-4-2/h6,8,11-14,17-19,21-23,26,28,32,34,43H,3-5,7,9-10,15-16,20,24-25,27,29-31,33,35-42,46H2,1-2H3,(H,49,50)/t43-/m1/s1. The highest BCUT2D eigenvalue weighted by molar-refractivity contribution is 7.47. The number of esters is 2. The van der Waals surface area contributed by atoms with Gasteiger partial charge in [0.15, 0.2) is 6.10 Å². The van der Waals surface area contributed by atoms with Gasteiger partial charge in [0.1, 0.15) is 6.61 Å². The SMILES string of the molecule is CCC=CCC=CCC=CCCCCCCCC(=O)OC[C@H](COP(=O)(O)OCCN)OC(=O)CCC=CCC=CCC=CCC=CCC=CCCCCC. The molecular weight excluding hydrogens is 713 g/mol. The Labute approximate surface area is 334 Å². The maximum atomic E-state index is 12.5. The number of carbonyl (C=O) groups is 2. The zero-order valence-electron chi connectivity index (χ0n) is 34.1. The number of unbranched alkanes of at least 4 members (excludes halogenated alkanes) is 8. The van der Waals surface area contributed by atoms with Crippen LogP contribution in [0.1, 0.15) is 142 Å². The third-order valence-electron chi connectivity index (χ3n) is 7.97. The summed E-state index contributed by atoms with van der Waals surface area (Å²) in [5.74, 6) is -0.956. The first-order chi connectivity index (χ1) is 26.8. The Morgan fingerprint density at radius 3 is 1.56 bits per heavy atom. The summed E-state index contributed by atoms with van der Waals surface area (Å²) >= 11 is 0. The number of phosphoric acid groups is 1. The lowest BCUT2D eigenvalue weighted by Crippen LogP contribution is -2.29. The lowest BCUT2D eigenvalue weighted by Gasteiger charge is -2.19. The van der Waals surface area contributed by atoms with E-state index in [0.717, 1.165) is 77.0 Å². The van der Waals surface area contributed by atoms with Gasteiger partial charge in [-0.05, 0) is 83.5 Å². The quantitative estimate of drug-likeness (QED) is 0.0273. The normalized spacial score (nSPS) is 14.3. The molecule has 0 aliphatic heterocycles. The van der Waals surface area contributed by atoms with Crippen LogP contribution in [0.15, 0.2) is 97.2 Å². The zero-order valence-corrected chi connectivity index (χ0v) is 35.0. The maximum absolute atomic E-state index is 12.5. The van der Waals surface area contributed by atoms with E-state index in [9.17, 15) is 19.0 Å². The van der Waals surface area contributed by atoms with Crippen LogP contribution in [0.25, 0.3) is 0 Å². The van der Waals surface area contributed by atoms with Crippen LogP contribution in [0.2, 0.25) is 0 Å². The molecule has 0 amide bonds. The molecule has 312 valence electrons. The fourth-order valence-corrected chi connectivity index (χ4v) is 5.69. The van der Waals surface area contributed by atoms with E-state index in [1.165, 1.54) is 25.7 Å². The minimum atomic E-state index is -4.41. The Morgan fingerprint density at radius 2 is 1.04 bits per heavy atom. The fourth-order valence-electron chi connectivity index (χ4n) is 4.92. The molecule has 2 atom stereocenters. The van der Waals surface area contributed by atoms with Crippen molar-refractivity contribution in [2.24, 2.45) is 5.73 Å². The summed E-state index contributed by atoms with van der Waals surface area (Å²) in [6.45, 7) is 3.45. The van der Waals surface area contributed by atoms with Crippen molar-refractivity contribution < 1.29 is 37.6 Å². The number of carbonyl (C=O) groups excluding carboxylic acids is 2. The molecule has 0 aromatic carbocycles. The van der Waals surface area contributed by atoms with Gasteiger partial charge in [-0.2, -0.15) is 0 Å². The van der Waals surface area contributed by atoms with Crippen molar-refractivity contribution in [2.75, 3.05) is 26.4 Å². The molecule has 0 saturated heterocycles. The molecule has 0 spiro atoms. The molecule has 0 radical (unpaired) electrons. The van der Waals surface area contributed by atoms with E-state index in [1.807, 2.05) is 12.2 Å². The van der Waals surface area contributed by atoms with E-state index in [0.29, 0.717) is 12.8 Å². The Hall–Kier alpha value is -3.07. The monoisotopic (exact) mass is 788 g/mol. The van der Waals surface area contributed by atoms with Crippen molar-refractivity contribution in [3.63, 3.8) is 0 Å². The van der Waals surface area contributed by atoms with Gasteiger partial charge in [-0.3, -0.25) is 18.6 Å². The van der Waals surface area contributed by atoms with E-state index in [1.54, 1.807) is 0 Å². The third kappa shape index (κ3) is 40.4. The van der Waals surface area contributed by atoms with Crippen LogP contribution in [0.5, 0.6) is 0 Å². The topological polar surface area (TPSA) is 134 Å². The van der Waals surface area contributed by atoms with E-state index in [-0.39, 0.29) is 32.6 Å². The summed E-state index contributed by atoms with van der Waals surface area (Å²) in [5, 5.41) is 0. The van der Waals surface area contributed by atoms with Gasteiger partial charge in [0, 0.05) is 19.4 Å². The van der Waals surface area contributed by atoms with Crippen LogP contribution in [-0.4, -0.2) is 49.3 Å². The van der Waals surface area contributed by atoms with Gasteiger partial charge >= 0.3 is 19.8 Å². The smallest absolute Gasteiger partial charge is 0.462 e. The van der Waals surface area contributed by atoms with E-state index in [2.05, 4.69) is 98.9 Å². The molecule has 0 aromatic heterocycles. The van der Waals surface area contributed by atoms with Crippen molar-refractivity contribution in [3.8, 4) is 0 Å². The van der Waals surface area contributed by atoms with Gasteiger partial charge in [-0.1, -0.05) is 143 Å². The van der Waals surface area contributed by atoms with Crippen LogP contribution in [0.4, 0.5) is 0 Å². The number of allylic oxidation sites excluding steroid dienone is 16. The van der Waals surface area contributed by atoms with Gasteiger partial charge < -0.3 is 20.1 Å². The number of nitrogens with two attached hydrogens (primary N) is 1.